The number of hydrogen-bond acceptors (Lipinski definition) is 4. The second-order valence-corrected chi connectivity index (χ2v) is 7.94. The Labute approximate surface area is 201 Å². The van der Waals surface area contributed by atoms with Crippen LogP contribution in [-0.4, -0.2) is 42.8 Å². The summed E-state index contributed by atoms with van der Waals surface area (Å²) in [5.74, 6) is -1.70. The van der Waals surface area contributed by atoms with Crippen molar-refractivity contribution in [1.82, 2.24) is 4.90 Å². The fourth-order valence-corrected chi connectivity index (χ4v) is 3.26. The third kappa shape index (κ3) is 7.31. The summed E-state index contributed by atoms with van der Waals surface area (Å²) in [5, 5.41) is 8.49. The maximum atomic E-state index is 14.2. The fraction of sp³-hybridized carbons (Fsp3) is 0.160. The van der Waals surface area contributed by atoms with Crippen molar-refractivity contribution in [2.24, 2.45) is 0 Å². The van der Waals surface area contributed by atoms with Crippen LogP contribution in [0.2, 0.25) is 5.02 Å². The van der Waals surface area contributed by atoms with Gasteiger partial charge in [-0.3, -0.25) is 14.4 Å². The minimum Gasteiger partial charge on any atom is -0.376 e. The van der Waals surface area contributed by atoms with Crippen LogP contribution in [0.15, 0.2) is 72.8 Å². The van der Waals surface area contributed by atoms with Crippen molar-refractivity contribution in [3.63, 3.8) is 0 Å². The highest BCUT2D eigenvalue weighted by molar-refractivity contribution is 6.33. The lowest BCUT2D eigenvalue weighted by molar-refractivity contribution is -0.131. The monoisotopic (exact) mass is 482 g/mol. The van der Waals surface area contributed by atoms with Crippen LogP contribution >= 0.6 is 11.6 Å². The molecule has 0 atom stereocenters. The number of hydrogen-bond donors (Lipinski definition) is 3. The smallest absolute Gasteiger partial charge is 0.244 e. The van der Waals surface area contributed by atoms with Gasteiger partial charge in [0.25, 0.3) is 0 Å². The van der Waals surface area contributed by atoms with Gasteiger partial charge in [-0.2, -0.15) is 0 Å². The van der Waals surface area contributed by atoms with Crippen molar-refractivity contribution in [1.29, 1.82) is 0 Å². The summed E-state index contributed by atoms with van der Waals surface area (Å²) in [6.45, 7) is -0.297. The number of rotatable bonds is 9. The molecule has 3 aromatic rings. The SMILES string of the molecule is CN(CC(=O)Nc1ccccc1Cl)C(=O)CNc1ccc(F)c(NC(=O)Cc2ccccc2)c1. The highest BCUT2D eigenvalue weighted by atomic mass is 35.5. The molecule has 0 bridgehead atoms. The normalized spacial score (nSPS) is 10.3. The zero-order valence-electron chi connectivity index (χ0n) is 18.5. The van der Waals surface area contributed by atoms with E-state index in [0.717, 1.165) is 5.56 Å². The Balaban J connectivity index is 1.51. The average Bonchev–Trinajstić information content (AvgIpc) is 2.81. The molecule has 7 nitrogen and oxygen atoms in total. The first kappa shape index (κ1) is 24.7. The number of nitrogens with one attached hydrogen (secondary N) is 3. The van der Waals surface area contributed by atoms with E-state index in [-0.39, 0.29) is 37.0 Å². The van der Waals surface area contributed by atoms with Gasteiger partial charge in [-0.05, 0) is 35.9 Å². The van der Waals surface area contributed by atoms with Crippen molar-refractivity contribution in [3.05, 3.63) is 89.2 Å². The van der Waals surface area contributed by atoms with Gasteiger partial charge in [0, 0.05) is 12.7 Å². The van der Waals surface area contributed by atoms with Crippen molar-refractivity contribution < 1.29 is 18.8 Å². The zero-order chi connectivity index (χ0) is 24.5. The van der Waals surface area contributed by atoms with E-state index < -0.39 is 11.7 Å². The third-order valence-electron chi connectivity index (χ3n) is 4.85. The first-order chi connectivity index (χ1) is 16.3. The molecule has 0 aliphatic rings. The van der Waals surface area contributed by atoms with Gasteiger partial charge in [0.15, 0.2) is 0 Å². The molecule has 3 rings (SSSR count). The topological polar surface area (TPSA) is 90.5 Å². The van der Waals surface area contributed by atoms with Gasteiger partial charge in [0.05, 0.1) is 35.9 Å². The number of nitrogens with zero attached hydrogens (tertiary/aromatic N) is 1. The van der Waals surface area contributed by atoms with Crippen LogP contribution in [0.1, 0.15) is 5.56 Å². The number of carbonyl (C=O) groups excluding carboxylic acids is 3. The predicted octanol–water partition coefficient (Wildman–Crippen LogP) is 4.17. The molecule has 0 saturated heterocycles. The van der Waals surface area contributed by atoms with Gasteiger partial charge in [0.1, 0.15) is 5.82 Å². The summed E-state index contributed by atoms with van der Waals surface area (Å²) >= 11 is 6.02. The van der Waals surface area contributed by atoms with Gasteiger partial charge in [-0.25, -0.2) is 4.39 Å². The molecule has 0 spiro atoms. The van der Waals surface area contributed by atoms with Gasteiger partial charge in [-0.1, -0.05) is 54.1 Å². The van der Waals surface area contributed by atoms with E-state index in [0.29, 0.717) is 16.4 Å². The lowest BCUT2D eigenvalue weighted by Gasteiger charge is -2.18. The van der Waals surface area contributed by atoms with Crippen LogP contribution in [0.4, 0.5) is 21.5 Å². The number of benzene rings is 3. The van der Waals surface area contributed by atoms with Crippen LogP contribution in [0.5, 0.6) is 0 Å². The molecular weight excluding hydrogens is 459 g/mol. The van der Waals surface area contributed by atoms with Crippen LogP contribution in [0, 0.1) is 5.82 Å². The van der Waals surface area contributed by atoms with Crippen LogP contribution in [0.3, 0.4) is 0 Å². The summed E-state index contributed by atoms with van der Waals surface area (Å²) in [6, 6.07) is 20.0. The molecule has 0 heterocycles. The predicted molar refractivity (Wildman–Crippen MR) is 131 cm³/mol. The Kier molecular flexibility index (Phi) is 8.59. The summed E-state index contributed by atoms with van der Waals surface area (Å²) in [5.41, 5.74) is 1.72. The van der Waals surface area contributed by atoms with E-state index in [1.807, 2.05) is 30.3 Å². The molecule has 3 amide bonds. The Morgan fingerprint density at radius 3 is 2.29 bits per heavy atom. The highest BCUT2D eigenvalue weighted by Gasteiger charge is 2.15. The minimum absolute atomic E-state index is 0.00542. The second-order valence-electron chi connectivity index (χ2n) is 7.54. The van der Waals surface area contributed by atoms with Crippen molar-refractivity contribution in [3.8, 4) is 0 Å². The maximum absolute atomic E-state index is 14.2. The summed E-state index contributed by atoms with van der Waals surface area (Å²) in [7, 11) is 1.50. The number of amides is 3. The van der Waals surface area contributed by atoms with Crippen LogP contribution < -0.4 is 16.0 Å². The lowest BCUT2D eigenvalue weighted by Crippen LogP contribution is -2.38. The molecule has 3 N–H and O–H groups in total. The van der Waals surface area contributed by atoms with Crippen LogP contribution in [-0.2, 0) is 20.8 Å². The maximum Gasteiger partial charge on any atom is 0.244 e. The number of likely N-dealkylation sites (N-methyl/N-ethyl adjacent to an activating group) is 1. The van der Waals surface area contributed by atoms with Gasteiger partial charge < -0.3 is 20.9 Å². The minimum atomic E-state index is -0.591. The van der Waals surface area contributed by atoms with E-state index in [1.165, 1.54) is 30.1 Å². The Bertz CT molecular complexity index is 1170. The number of halogens is 2. The molecule has 0 unspecified atom stereocenters. The molecule has 3 aromatic carbocycles. The summed E-state index contributed by atoms with van der Waals surface area (Å²) in [6.07, 6.45) is 0.109. The lowest BCUT2D eigenvalue weighted by atomic mass is 10.1. The molecule has 0 radical (unpaired) electrons. The Hall–Kier alpha value is -3.91. The zero-order valence-corrected chi connectivity index (χ0v) is 19.2. The standard InChI is InChI=1S/C25H24ClFN4O3/c1-31(16-24(33)29-21-10-6-5-9-19(21)26)25(34)15-28-18-11-12-20(27)22(14-18)30-23(32)13-17-7-3-2-4-8-17/h2-12,14,28H,13,15-16H2,1H3,(H,29,33)(H,30,32). The molecule has 0 saturated carbocycles. The number of anilines is 3. The Morgan fingerprint density at radius 1 is 0.882 bits per heavy atom. The van der Waals surface area contributed by atoms with E-state index in [4.69, 9.17) is 11.6 Å². The molecule has 176 valence electrons. The molecular formula is C25H24ClFN4O3. The molecule has 0 aliphatic heterocycles. The van der Waals surface area contributed by atoms with Gasteiger partial charge in [-0.15, -0.1) is 0 Å². The largest absolute Gasteiger partial charge is 0.376 e. The fourth-order valence-electron chi connectivity index (χ4n) is 3.08. The number of para-hydroxylation sites is 1. The molecule has 0 fully saturated rings. The number of carbonyl (C=O) groups is 3. The first-order valence-corrected chi connectivity index (χ1v) is 10.8. The van der Waals surface area contributed by atoms with E-state index in [1.54, 1.807) is 24.3 Å². The van der Waals surface area contributed by atoms with Crippen LogP contribution in [0.25, 0.3) is 0 Å². The summed E-state index contributed by atoms with van der Waals surface area (Å²) < 4.78 is 14.2. The van der Waals surface area contributed by atoms with Crippen molar-refractivity contribution >= 4 is 46.4 Å². The second kappa shape index (κ2) is 11.8. The van der Waals surface area contributed by atoms with Gasteiger partial charge >= 0.3 is 0 Å². The first-order valence-electron chi connectivity index (χ1n) is 10.5. The average molecular weight is 483 g/mol. The van der Waals surface area contributed by atoms with E-state index in [2.05, 4.69) is 16.0 Å². The molecule has 0 aliphatic carbocycles. The third-order valence-corrected chi connectivity index (χ3v) is 5.18. The molecule has 9 heteroatoms. The van der Waals surface area contributed by atoms with Crippen molar-refractivity contribution in [2.75, 3.05) is 36.1 Å². The molecule has 34 heavy (non-hydrogen) atoms. The summed E-state index contributed by atoms with van der Waals surface area (Å²) in [4.78, 5) is 38.1. The van der Waals surface area contributed by atoms with E-state index >= 15 is 0 Å². The van der Waals surface area contributed by atoms with Gasteiger partial charge in [0.2, 0.25) is 17.7 Å². The highest BCUT2D eigenvalue weighted by Crippen LogP contribution is 2.21. The van der Waals surface area contributed by atoms with Crippen molar-refractivity contribution in [2.45, 2.75) is 6.42 Å². The van der Waals surface area contributed by atoms with E-state index in [9.17, 15) is 18.8 Å². The quantitative estimate of drug-likeness (QED) is 0.427. The Morgan fingerprint density at radius 2 is 1.56 bits per heavy atom. The molecule has 0 aromatic heterocycles.